The maximum Gasteiger partial charge on any atom is 0.0680 e. The van der Waals surface area contributed by atoms with E-state index in [-0.39, 0.29) is 0 Å². The summed E-state index contributed by atoms with van der Waals surface area (Å²) in [6, 6.07) is 0. The number of nitrogens with zero attached hydrogens (tertiary/aromatic N) is 1. The zero-order valence-electron chi connectivity index (χ0n) is 7.38. The third-order valence-electron chi connectivity index (χ3n) is 2.51. The van der Waals surface area contributed by atoms with E-state index in [0.717, 1.165) is 12.5 Å². The molecule has 12 heavy (non-hydrogen) atoms. The van der Waals surface area contributed by atoms with Crippen molar-refractivity contribution in [3.63, 3.8) is 0 Å². The summed E-state index contributed by atoms with van der Waals surface area (Å²) in [5, 5.41) is 4.85. The lowest BCUT2D eigenvalue weighted by Gasteiger charge is -2.22. The van der Waals surface area contributed by atoms with Gasteiger partial charge in [-0.25, -0.2) is 0 Å². The van der Waals surface area contributed by atoms with Crippen LogP contribution >= 0.6 is 11.8 Å². The zero-order chi connectivity index (χ0) is 8.23. The summed E-state index contributed by atoms with van der Waals surface area (Å²) in [5.74, 6) is 2.08. The lowest BCUT2D eigenvalue weighted by molar-refractivity contribution is 0.389. The maximum atomic E-state index is 4.48. The minimum Gasteiger partial charge on any atom is -0.316 e. The average Bonchev–Trinajstić information content (AvgIpc) is 2.59. The second kappa shape index (κ2) is 4.28. The van der Waals surface area contributed by atoms with Crippen molar-refractivity contribution in [2.75, 3.05) is 25.4 Å². The Morgan fingerprint density at radius 2 is 2.58 bits per heavy atom. The van der Waals surface area contributed by atoms with Gasteiger partial charge >= 0.3 is 0 Å². The fourth-order valence-electron chi connectivity index (χ4n) is 1.85. The SMILES string of the molecule is C1CNCC(CC2=NCCS2)C1. The molecule has 0 radical (unpaired) electrons. The molecule has 1 atom stereocenters. The molecule has 0 amide bonds. The fraction of sp³-hybridized carbons (Fsp3) is 0.889. The van der Waals surface area contributed by atoms with Gasteiger partial charge in [-0.1, -0.05) is 0 Å². The molecule has 2 aliphatic heterocycles. The molecule has 0 aromatic heterocycles. The molecular formula is C9H16N2S. The van der Waals surface area contributed by atoms with E-state index >= 15 is 0 Å². The van der Waals surface area contributed by atoms with Crippen molar-refractivity contribution >= 4 is 16.8 Å². The molecule has 0 aliphatic carbocycles. The summed E-state index contributed by atoms with van der Waals surface area (Å²) in [6.45, 7) is 3.48. The monoisotopic (exact) mass is 184 g/mol. The van der Waals surface area contributed by atoms with Crippen molar-refractivity contribution in [3.05, 3.63) is 0 Å². The van der Waals surface area contributed by atoms with Crippen LogP contribution in [-0.4, -0.2) is 30.4 Å². The highest BCUT2D eigenvalue weighted by atomic mass is 32.2. The first-order chi connectivity index (χ1) is 5.95. The Bertz CT molecular complexity index is 173. The quantitative estimate of drug-likeness (QED) is 0.703. The van der Waals surface area contributed by atoms with Crippen LogP contribution in [0.2, 0.25) is 0 Å². The summed E-state index contributed by atoms with van der Waals surface area (Å²) in [4.78, 5) is 4.48. The standard InChI is InChI=1S/C9H16N2S/c1-2-8(7-10-3-1)6-9-11-4-5-12-9/h8,10H,1-7H2. The van der Waals surface area contributed by atoms with Gasteiger partial charge in [-0.05, 0) is 38.3 Å². The predicted molar refractivity (Wildman–Crippen MR) is 55.0 cm³/mol. The second-order valence-electron chi connectivity index (χ2n) is 3.54. The average molecular weight is 184 g/mol. The van der Waals surface area contributed by atoms with Gasteiger partial charge in [0.15, 0.2) is 0 Å². The van der Waals surface area contributed by atoms with Crippen LogP contribution in [0.4, 0.5) is 0 Å². The minimum atomic E-state index is 0.864. The summed E-state index contributed by atoms with van der Waals surface area (Å²) < 4.78 is 0. The largest absolute Gasteiger partial charge is 0.316 e. The van der Waals surface area contributed by atoms with Gasteiger partial charge in [0, 0.05) is 12.3 Å². The van der Waals surface area contributed by atoms with Gasteiger partial charge < -0.3 is 5.32 Å². The maximum absolute atomic E-state index is 4.48. The first-order valence-corrected chi connectivity index (χ1v) is 5.80. The van der Waals surface area contributed by atoms with Gasteiger partial charge in [0.2, 0.25) is 0 Å². The smallest absolute Gasteiger partial charge is 0.0680 e. The third kappa shape index (κ3) is 2.23. The fourth-order valence-corrected chi connectivity index (χ4v) is 2.80. The molecule has 0 spiro atoms. The number of rotatable bonds is 2. The van der Waals surface area contributed by atoms with Crippen LogP contribution in [-0.2, 0) is 0 Å². The van der Waals surface area contributed by atoms with E-state index in [4.69, 9.17) is 0 Å². The van der Waals surface area contributed by atoms with Gasteiger partial charge in [-0.2, -0.15) is 0 Å². The van der Waals surface area contributed by atoms with E-state index in [9.17, 15) is 0 Å². The highest BCUT2D eigenvalue weighted by Gasteiger charge is 2.17. The van der Waals surface area contributed by atoms with Crippen molar-refractivity contribution in [2.24, 2.45) is 10.9 Å². The van der Waals surface area contributed by atoms with E-state index in [1.165, 1.54) is 43.1 Å². The number of thioether (sulfide) groups is 1. The molecule has 3 heteroatoms. The molecule has 2 rings (SSSR count). The van der Waals surface area contributed by atoms with Crippen LogP contribution < -0.4 is 5.32 Å². The Labute approximate surface area is 78.2 Å². The van der Waals surface area contributed by atoms with Gasteiger partial charge in [-0.15, -0.1) is 11.8 Å². The second-order valence-corrected chi connectivity index (χ2v) is 4.71. The predicted octanol–water partition coefficient (Wildman–Crippen LogP) is 1.52. The Morgan fingerprint density at radius 3 is 3.25 bits per heavy atom. The van der Waals surface area contributed by atoms with Crippen molar-refractivity contribution in [2.45, 2.75) is 19.3 Å². The van der Waals surface area contributed by atoms with Gasteiger partial charge in [0.1, 0.15) is 0 Å². The molecule has 2 aliphatic rings. The Hall–Kier alpha value is -0.0200. The van der Waals surface area contributed by atoms with E-state index in [1.807, 2.05) is 11.8 Å². The number of hydrogen-bond donors (Lipinski definition) is 1. The summed E-state index contributed by atoms with van der Waals surface area (Å²) in [7, 11) is 0. The molecule has 2 nitrogen and oxygen atoms in total. The number of piperidine rings is 1. The molecule has 2 heterocycles. The Morgan fingerprint density at radius 1 is 1.58 bits per heavy atom. The molecule has 1 N–H and O–H groups in total. The molecule has 0 bridgehead atoms. The van der Waals surface area contributed by atoms with Crippen LogP contribution in [0.25, 0.3) is 0 Å². The van der Waals surface area contributed by atoms with E-state index in [2.05, 4.69) is 10.3 Å². The van der Waals surface area contributed by atoms with Crippen LogP contribution in [0.1, 0.15) is 19.3 Å². The molecule has 68 valence electrons. The van der Waals surface area contributed by atoms with E-state index < -0.39 is 0 Å². The molecule has 1 fully saturated rings. The van der Waals surface area contributed by atoms with Crippen molar-refractivity contribution < 1.29 is 0 Å². The zero-order valence-corrected chi connectivity index (χ0v) is 8.20. The number of nitrogens with one attached hydrogen (secondary N) is 1. The number of aliphatic imine (C=N–C) groups is 1. The molecule has 0 saturated carbocycles. The Balaban J connectivity index is 1.77. The lowest BCUT2D eigenvalue weighted by atomic mass is 9.97. The molecule has 1 saturated heterocycles. The molecule has 0 aromatic carbocycles. The van der Waals surface area contributed by atoms with Crippen LogP contribution in [0, 0.1) is 5.92 Å². The first-order valence-electron chi connectivity index (χ1n) is 4.82. The first kappa shape index (κ1) is 8.57. The van der Waals surface area contributed by atoms with Gasteiger partial charge in [0.05, 0.1) is 5.04 Å². The third-order valence-corrected chi connectivity index (χ3v) is 3.53. The summed E-state index contributed by atoms with van der Waals surface area (Å²) in [5.41, 5.74) is 0. The lowest BCUT2D eigenvalue weighted by Crippen LogP contribution is -2.30. The van der Waals surface area contributed by atoms with Crippen molar-refractivity contribution in [1.29, 1.82) is 0 Å². The van der Waals surface area contributed by atoms with Gasteiger partial charge in [0.25, 0.3) is 0 Å². The summed E-state index contributed by atoms with van der Waals surface area (Å²) in [6.07, 6.45) is 3.98. The molecule has 1 unspecified atom stereocenters. The Kier molecular flexibility index (Phi) is 3.06. The van der Waals surface area contributed by atoms with E-state index in [0.29, 0.717) is 0 Å². The van der Waals surface area contributed by atoms with Crippen LogP contribution in [0.15, 0.2) is 4.99 Å². The van der Waals surface area contributed by atoms with Gasteiger partial charge in [-0.3, -0.25) is 4.99 Å². The highest BCUT2D eigenvalue weighted by molar-refractivity contribution is 8.14. The molecule has 0 aromatic rings. The van der Waals surface area contributed by atoms with Crippen molar-refractivity contribution in [1.82, 2.24) is 5.32 Å². The normalized spacial score (nSPS) is 30.3. The highest BCUT2D eigenvalue weighted by Crippen LogP contribution is 2.22. The van der Waals surface area contributed by atoms with Crippen molar-refractivity contribution in [3.8, 4) is 0 Å². The molecular weight excluding hydrogens is 168 g/mol. The minimum absolute atomic E-state index is 0.864. The van der Waals surface area contributed by atoms with Crippen LogP contribution in [0.5, 0.6) is 0 Å². The summed E-state index contributed by atoms with van der Waals surface area (Å²) >= 11 is 1.96. The number of hydrogen-bond acceptors (Lipinski definition) is 3. The van der Waals surface area contributed by atoms with E-state index in [1.54, 1.807) is 0 Å². The topological polar surface area (TPSA) is 24.4 Å². The van der Waals surface area contributed by atoms with Crippen LogP contribution in [0.3, 0.4) is 0 Å².